The van der Waals surface area contributed by atoms with E-state index in [1.807, 2.05) is 25.6 Å². The van der Waals surface area contributed by atoms with Crippen molar-refractivity contribution in [2.75, 3.05) is 44.2 Å². The molecule has 0 spiro atoms. The van der Waals surface area contributed by atoms with Crippen LogP contribution in [0.15, 0.2) is 0 Å². The van der Waals surface area contributed by atoms with Crippen molar-refractivity contribution in [3.8, 4) is 0 Å². The molecular formula is C14H25N3O2S. The first-order valence-corrected chi connectivity index (χ1v) is 8.67. The molecule has 114 valence electrons. The van der Waals surface area contributed by atoms with Crippen LogP contribution in [-0.4, -0.2) is 71.4 Å². The summed E-state index contributed by atoms with van der Waals surface area (Å²) in [5.41, 5.74) is -0.674. The van der Waals surface area contributed by atoms with Crippen LogP contribution in [-0.2, 0) is 9.59 Å². The molecule has 0 aromatic heterocycles. The Labute approximate surface area is 125 Å². The first-order chi connectivity index (χ1) is 9.61. The van der Waals surface area contributed by atoms with Crippen LogP contribution in [0.1, 0.15) is 26.7 Å². The highest BCUT2D eigenvalue weighted by atomic mass is 32.2. The minimum Gasteiger partial charge on any atom is -0.340 e. The molecule has 2 fully saturated rings. The summed E-state index contributed by atoms with van der Waals surface area (Å²) < 4.78 is 0. The molecule has 2 aliphatic heterocycles. The highest BCUT2D eigenvalue weighted by Gasteiger charge is 2.43. The lowest BCUT2D eigenvalue weighted by atomic mass is 9.89. The average Bonchev–Trinajstić information content (AvgIpc) is 2.49. The number of thioether (sulfide) groups is 1. The summed E-state index contributed by atoms with van der Waals surface area (Å²) in [5, 5.41) is 2.90. The van der Waals surface area contributed by atoms with E-state index in [4.69, 9.17) is 0 Å². The number of nitrogens with zero attached hydrogens (tertiary/aromatic N) is 2. The molecule has 0 aromatic carbocycles. The van der Waals surface area contributed by atoms with Gasteiger partial charge in [-0.1, -0.05) is 13.8 Å². The lowest BCUT2D eigenvalue weighted by molar-refractivity contribution is -0.150. The van der Waals surface area contributed by atoms with Crippen LogP contribution < -0.4 is 5.32 Å². The van der Waals surface area contributed by atoms with Gasteiger partial charge in [-0.05, 0) is 12.8 Å². The monoisotopic (exact) mass is 299 g/mol. The van der Waals surface area contributed by atoms with E-state index in [1.54, 1.807) is 4.90 Å². The van der Waals surface area contributed by atoms with E-state index in [1.165, 1.54) is 11.5 Å². The topological polar surface area (TPSA) is 52.7 Å². The molecule has 20 heavy (non-hydrogen) atoms. The van der Waals surface area contributed by atoms with Gasteiger partial charge in [0, 0.05) is 37.7 Å². The van der Waals surface area contributed by atoms with Crippen molar-refractivity contribution in [1.29, 1.82) is 0 Å². The van der Waals surface area contributed by atoms with E-state index >= 15 is 0 Å². The molecule has 6 heteroatoms. The van der Waals surface area contributed by atoms with E-state index in [0.717, 1.165) is 19.6 Å². The zero-order chi connectivity index (χ0) is 14.6. The predicted molar refractivity (Wildman–Crippen MR) is 81.8 cm³/mol. The number of rotatable bonds is 5. The van der Waals surface area contributed by atoms with Crippen molar-refractivity contribution in [2.24, 2.45) is 0 Å². The highest BCUT2D eigenvalue weighted by Crippen LogP contribution is 2.22. The van der Waals surface area contributed by atoms with Gasteiger partial charge in [0.25, 0.3) is 0 Å². The van der Waals surface area contributed by atoms with Gasteiger partial charge in [0.1, 0.15) is 5.54 Å². The maximum Gasteiger partial charge on any atom is 0.248 e. The highest BCUT2D eigenvalue weighted by molar-refractivity contribution is 7.99. The third-order valence-electron chi connectivity index (χ3n) is 4.41. The minimum absolute atomic E-state index is 0.0255. The molecule has 2 rings (SSSR count). The molecular weight excluding hydrogens is 274 g/mol. The number of nitrogens with one attached hydrogen (secondary N) is 1. The normalized spacial score (nSPS) is 23.8. The van der Waals surface area contributed by atoms with Crippen LogP contribution in [0.25, 0.3) is 0 Å². The Balaban J connectivity index is 1.95. The molecule has 0 bridgehead atoms. The van der Waals surface area contributed by atoms with Crippen molar-refractivity contribution in [2.45, 2.75) is 32.2 Å². The molecule has 0 aliphatic carbocycles. The summed E-state index contributed by atoms with van der Waals surface area (Å²) >= 11 is 1.98. The lowest BCUT2D eigenvalue weighted by Gasteiger charge is -2.41. The maximum atomic E-state index is 12.6. The van der Waals surface area contributed by atoms with E-state index in [0.29, 0.717) is 19.4 Å². The standard InChI is InChI=1S/C14H25N3O2S/c1-3-14(4-2)13(19)17(11-12(18)15-14)6-5-16-7-9-20-10-8-16/h3-11H2,1-2H3,(H,15,18). The Kier molecular flexibility index (Phi) is 5.32. The van der Waals surface area contributed by atoms with Crippen LogP contribution in [0.4, 0.5) is 0 Å². The summed E-state index contributed by atoms with van der Waals surface area (Å²) in [5.74, 6) is 2.40. The van der Waals surface area contributed by atoms with Gasteiger partial charge in [0.05, 0.1) is 6.54 Å². The zero-order valence-electron chi connectivity index (χ0n) is 12.5. The summed E-state index contributed by atoms with van der Waals surface area (Å²) in [6.07, 6.45) is 1.32. The molecule has 2 amide bonds. The van der Waals surface area contributed by atoms with Crippen molar-refractivity contribution in [1.82, 2.24) is 15.1 Å². The van der Waals surface area contributed by atoms with Crippen LogP contribution in [0.5, 0.6) is 0 Å². The first-order valence-electron chi connectivity index (χ1n) is 7.52. The second-order valence-corrected chi connectivity index (χ2v) is 6.74. The van der Waals surface area contributed by atoms with Crippen LogP contribution >= 0.6 is 11.8 Å². The van der Waals surface area contributed by atoms with E-state index in [9.17, 15) is 9.59 Å². The lowest BCUT2D eigenvalue weighted by Crippen LogP contribution is -2.66. The Morgan fingerprint density at radius 3 is 2.40 bits per heavy atom. The number of carbonyl (C=O) groups excluding carboxylic acids is 2. The number of piperazine rings is 1. The minimum atomic E-state index is -0.674. The summed E-state index contributed by atoms with van der Waals surface area (Å²) in [4.78, 5) is 28.6. The molecule has 2 aliphatic rings. The number of hydrogen-bond donors (Lipinski definition) is 1. The summed E-state index contributed by atoms with van der Waals surface area (Å²) in [6, 6.07) is 0. The van der Waals surface area contributed by atoms with Crippen LogP contribution in [0.2, 0.25) is 0 Å². The summed E-state index contributed by atoms with van der Waals surface area (Å²) in [6.45, 7) is 7.86. The largest absolute Gasteiger partial charge is 0.340 e. The van der Waals surface area contributed by atoms with Gasteiger partial charge in [-0.3, -0.25) is 14.5 Å². The van der Waals surface area contributed by atoms with Crippen molar-refractivity contribution < 1.29 is 9.59 Å². The number of carbonyl (C=O) groups is 2. The van der Waals surface area contributed by atoms with Crippen molar-refractivity contribution in [3.63, 3.8) is 0 Å². The fraction of sp³-hybridized carbons (Fsp3) is 0.857. The first kappa shape index (κ1) is 15.6. The third-order valence-corrected chi connectivity index (χ3v) is 5.35. The SMILES string of the molecule is CCC1(CC)NC(=O)CN(CCN2CCSCC2)C1=O. The van der Waals surface area contributed by atoms with Crippen molar-refractivity contribution in [3.05, 3.63) is 0 Å². The molecule has 5 nitrogen and oxygen atoms in total. The molecule has 0 aromatic rings. The van der Waals surface area contributed by atoms with Gasteiger partial charge >= 0.3 is 0 Å². The molecule has 0 atom stereocenters. The molecule has 2 saturated heterocycles. The molecule has 0 unspecified atom stereocenters. The Morgan fingerprint density at radius 1 is 1.15 bits per heavy atom. The maximum absolute atomic E-state index is 12.6. The third kappa shape index (κ3) is 3.28. The smallest absolute Gasteiger partial charge is 0.248 e. The van der Waals surface area contributed by atoms with Gasteiger partial charge in [-0.2, -0.15) is 11.8 Å². The van der Waals surface area contributed by atoms with Crippen LogP contribution in [0, 0.1) is 0 Å². The van der Waals surface area contributed by atoms with Gasteiger partial charge in [0.2, 0.25) is 11.8 Å². The van der Waals surface area contributed by atoms with Crippen molar-refractivity contribution >= 4 is 23.6 Å². The van der Waals surface area contributed by atoms with Gasteiger partial charge in [0.15, 0.2) is 0 Å². The fourth-order valence-corrected chi connectivity index (χ4v) is 3.88. The molecule has 0 radical (unpaired) electrons. The Morgan fingerprint density at radius 2 is 1.80 bits per heavy atom. The van der Waals surface area contributed by atoms with E-state index < -0.39 is 5.54 Å². The Bertz CT molecular complexity index is 365. The fourth-order valence-electron chi connectivity index (χ4n) is 2.90. The second-order valence-electron chi connectivity index (χ2n) is 5.52. The molecule has 1 N–H and O–H groups in total. The predicted octanol–water partition coefficient (Wildman–Crippen LogP) is 0.552. The second kappa shape index (κ2) is 6.80. The Hall–Kier alpha value is -0.750. The number of amides is 2. The zero-order valence-corrected chi connectivity index (χ0v) is 13.3. The van der Waals surface area contributed by atoms with Gasteiger partial charge in [-0.25, -0.2) is 0 Å². The van der Waals surface area contributed by atoms with Gasteiger partial charge < -0.3 is 10.2 Å². The summed E-state index contributed by atoms with van der Waals surface area (Å²) in [7, 11) is 0. The quantitative estimate of drug-likeness (QED) is 0.806. The molecule has 0 saturated carbocycles. The van der Waals surface area contributed by atoms with Crippen LogP contribution in [0.3, 0.4) is 0 Å². The number of hydrogen-bond acceptors (Lipinski definition) is 4. The molecule has 2 heterocycles. The van der Waals surface area contributed by atoms with E-state index in [-0.39, 0.29) is 18.4 Å². The average molecular weight is 299 g/mol. The van der Waals surface area contributed by atoms with Gasteiger partial charge in [-0.15, -0.1) is 0 Å². The van der Waals surface area contributed by atoms with E-state index in [2.05, 4.69) is 10.2 Å².